The molecule has 3 rings (SSSR count). The zero-order valence-corrected chi connectivity index (χ0v) is 14.8. The minimum Gasteiger partial charge on any atom is -0.493 e. The summed E-state index contributed by atoms with van der Waals surface area (Å²) in [6, 6.07) is 9.66. The van der Waals surface area contributed by atoms with Crippen LogP contribution in [0.2, 0.25) is 0 Å². The summed E-state index contributed by atoms with van der Waals surface area (Å²) in [5, 5.41) is 0. The smallest absolute Gasteiger partial charge is 0.387 e. The van der Waals surface area contributed by atoms with Crippen molar-refractivity contribution in [1.82, 2.24) is 0 Å². The summed E-state index contributed by atoms with van der Waals surface area (Å²) in [5.41, 5.74) is 0.292. The van der Waals surface area contributed by atoms with Gasteiger partial charge in [-0.15, -0.1) is 0 Å². The number of nitrogens with zero attached hydrogens (tertiary/aromatic N) is 1. The maximum Gasteiger partial charge on any atom is 0.387 e. The van der Waals surface area contributed by atoms with Gasteiger partial charge in [-0.25, -0.2) is 9.79 Å². The number of para-hydroxylation sites is 1. The molecule has 0 aromatic heterocycles. The first kappa shape index (κ1) is 20.2. The Hall–Kier alpha value is -3.56. The molecule has 0 amide bonds. The van der Waals surface area contributed by atoms with E-state index < -0.39 is 19.2 Å². The number of hydrogen-bond acceptors (Lipinski definition) is 6. The van der Waals surface area contributed by atoms with Gasteiger partial charge in [-0.2, -0.15) is 17.6 Å². The van der Waals surface area contributed by atoms with Gasteiger partial charge in [0.25, 0.3) is 0 Å². The molecule has 0 fully saturated rings. The molecule has 2 aromatic carbocycles. The SMILES string of the molecule is COc1cccc(/C=C2\N=C(c3ccc(OC(F)F)cc3)OC2=O)c1OC(F)F. The lowest BCUT2D eigenvalue weighted by Crippen LogP contribution is -2.06. The number of methoxy groups -OCH3 is 1. The van der Waals surface area contributed by atoms with E-state index in [1.807, 2.05) is 0 Å². The molecule has 0 spiro atoms. The molecular weight excluding hydrogens is 398 g/mol. The zero-order valence-electron chi connectivity index (χ0n) is 14.8. The largest absolute Gasteiger partial charge is 0.493 e. The zero-order chi connectivity index (χ0) is 21.0. The van der Waals surface area contributed by atoms with Crippen molar-refractivity contribution in [2.75, 3.05) is 7.11 Å². The Morgan fingerprint density at radius 1 is 1.00 bits per heavy atom. The van der Waals surface area contributed by atoms with Crippen LogP contribution in [0.1, 0.15) is 11.1 Å². The monoisotopic (exact) mass is 411 g/mol. The van der Waals surface area contributed by atoms with E-state index in [9.17, 15) is 22.4 Å². The van der Waals surface area contributed by atoms with Crippen molar-refractivity contribution in [1.29, 1.82) is 0 Å². The van der Waals surface area contributed by atoms with Crippen LogP contribution >= 0.6 is 0 Å². The third kappa shape index (κ3) is 4.84. The van der Waals surface area contributed by atoms with Gasteiger partial charge >= 0.3 is 19.2 Å². The molecular formula is C19H13F4NO5. The molecule has 0 atom stereocenters. The number of halogens is 4. The average molecular weight is 411 g/mol. The number of hydrogen-bond donors (Lipinski definition) is 0. The molecule has 1 aliphatic rings. The molecule has 2 aromatic rings. The highest BCUT2D eigenvalue weighted by atomic mass is 19.3. The first-order valence-electron chi connectivity index (χ1n) is 8.07. The van der Waals surface area contributed by atoms with Crippen LogP contribution in [0.25, 0.3) is 6.08 Å². The summed E-state index contributed by atoms with van der Waals surface area (Å²) in [6.45, 7) is -6.07. The summed E-state index contributed by atoms with van der Waals surface area (Å²) < 4.78 is 68.7. The molecule has 6 nitrogen and oxygen atoms in total. The van der Waals surface area contributed by atoms with E-state index >= 15 is 0 Å². The maximum atomic E-state index is 12.7. The van der Waals surface area contributed by atoms with Crippen molar-refractivity contribution in [2.24, 2.45) is 4.99 Å². The minimum absolute atomic E-state index is 0.0461. The fraction of sp³-hybridized carbons (Fsp3) is 0.158. The summed E-state index contributed by atoms with van der Waals surface area (Å²) in [4.78, 5) is 16.1. The summed E-state index contributed by atoms with van der Waals surface area (Å²) in [7, 11) is 1.28. The molecule has 0 unspecified atom stereocenters. The van der Waals surface area contributed by atoms with Crippen LogP contribution < -0.4 is 14.2 Å². The second-order valence-corrected chi connectivity index (χ2v) is 5.50. The molecule has 0 N–H and O–H groups in total. The van der Waals surface area contributed by atoms with Gasteiger partial charge in [0.2, 0.25) is 5.90 Å². The van der Waals surface area contributed by atoms with Gasteiger partial charge in [-0.3, -0.25) is 0 Å². The molecule has 0 radical (unpaired) electrons. The molecule has 0 bridgehead atoms. The van der Waals surface area contributed by atoms with Gasteiger partial charge in [0.1, 0.15) is 5.75 Å². The molecule has 0 aliphatic carbocycles. The van der Waals surface area contributed by atoms with E-state index in [1.165, 1.54) is 55.7 Å². The van der Waals surface area contributed by atoms with Gasteiger partial charge in [0.05, 0.1) is 7.11 Å². The molecule has 1 heterocycles. The number of carbonyl (C=O) groups excluding carboxylic acids is 1. The average Bonchev–Trinajstić information content (AvgIpc) is 3.03. The van der Waals surface area contributed by atoms with Crippen LogP contribution in [0.4, 0.5) is 17.6 Å². The van der Waals surface area contributed by atoms with Gasteiger partial charge in [0.15, 0.2) is 17.2 Å². The fourth-order valence-electron chi connectivity index (χ4n) is 2.48. The van der Waals surface area contributed by atoms with Gasteiger partial charge in [-0.05, 0) is 36.4 Å². The second-order valence-electron chi connectivity index (χ2n) is 5.50. The Balaban J connectivity index is 1.91. The highest BCUT2D eigenvalue weighted by molar-refractivity contribution is 6.13. The third-order valence-corrected chi connectivity index (χ3v) is 3.68. The molecule has 1 aliphatic heterocycles. The maximum absolute atomic E-state index is 12.7. The molecule has 0 saturated carbocycles. The van der Waals surface area contributed by atoms with E-state index in [4.69, 9.17) is 9.47 Å². The van der Waals surface area contributed by atoms with Crippen LogP contribution in [0.5, 0.6) is 17.2 Å². The lowest BCUT2D eigenvalue weighted by molar-refractivity contribution is -0.129. The Labute approximate surface area is 162 Å². The topological polar surface area (TPSA) is 66.3 Å². The Morgan fingerprint density at radius 2 is 1.69 bits per heavy atom. The Morgan fingerprint density at radius 3 is 2.31 bits per heavy atom. The minimum atomic E-state index is -3.10. The standard InChI is InChI=1S/C19H13F4NO5/c1-26-14-4-2-3-11(15(14)28-19(22)23)9-13-17(25)29-16(24-13)10-5-7-12(8-6-10)27-18(20)21/h2-9,18-19H,1H3/b13-9-. The van der Waals surface area contributed by atoms with Gasteiger partial charge in [0, 0.05) is 11.1 Å². The number of benzene rings is 2. The molecule has 152 valence electrons. The molecule has 10 heteroatoms. The van der Waals surface area contributed by atoms with Crippen LogP contribution in [-0.4, -0.2) is 32.2 Å². The Kier molecular flexibility index (Phi) is 6.01. The van der Waals surface area contributed by atoms with Crippen LogP contribution in [0.15, 0.2) is 53.2 Å². The third-order valence-electron chi connectivity index (χ3n) is 3.68. The first-order valence-corrected chi connectivity index (χ1v) is 8.07. The number of rotatable bonds is 7. The van der Waals surface area contributed by atoms with Crippen LogP contribution in [0, 0.1) is 0 Å². The summed E-state index contributed by atoms with van der Waals surface area (Å²) >= 11 is 0. The van der Waals surface area contributed by atoms with Crippen molar-refractivity contribution >= 4 is 17.9 Å². The fourth-order valence-corrected chi connectivity index (χ4v) is 2.48. The predicted molar refractivity (Wildman–Crippen MR) is 93.3 cm³/mol. The molecule has 29 heavy (non-hydrogen) atoms. The van der Waals surface area contributed by atoms with Crippen molar-refractivity contribution < 1.29 is 41.3 Å². The number of ether oxygens (including phenoxy) is 4. The second kappa shape index (κ2) is 8.63. The lowest BCUT2D eigenvalue weighted by atomic mass is 10.1. The number of esters is 1. The highest BCUT2D eigenvalue weighted by Crippen LogP contribution is 2.34. The lowest BCUT2D eigenvalue weighted by Gasteiger charge is -2.12. The Bertz CT molecular complexity index is 958. The number of alkyl halides is 4. The number of cyclic esters (lactones) is 1. The first-order chi connectivity index (χ1) is 13.9. The number of aliphatic imine (C=N–C) groups is 1. The van der Waals surface area contributed by atoms with Crippen molar-refractivity contribution in [3.8, 4) is 17.2 Å². The van der Waals surface area contributed by atoms with Crippen molar-refractivity contribution in [3.63, 3.8) is 0 Å². The van der Waals surface area contributed by atoms with E-state index in [0.29, 0.717) is 5.56 Å². The van der Waals surface area contributed by atoms with Crippen molar-refractivity contribution in [3.05, 3.63) is 59.3 Å². The van der Waals surface area contributed by atoms with Crippen LogP contribution in [-0.2, 0) is 9.53 Å². The van der Waals surface area contributed by atoms with E-state index in [0.717, 1.165) is 0 Å². The van der Waals surface area contributed by atoms with E-state index in [2.05, 4.69) is 14.5 Å². The molecule has 0 saturated heterocycles. The van der Waals surface area contributed by atoms with E-state index in [-0.39, 0.29) is 34.4 Å². The van der Waals surface area contributed by atoms with Gasteiger partial charge < -0.3 is 18.9 Å². The van der Waals surface area contributed by atoms with Crippen molar-refractivity contribution in [2.45, 2.75) is 13.2 Å². The quantitative estimate of drug-likeness (QED) is 0.387. The highest BCUT2D eigenvalue weighted by Gasteiger charge is 2.25. The normalized spacial score (nSPS) is 14.9. The van der Waals surface area contributed by atoms with E-state index in [1.54, 1.807) is 0 Å². The summed E-state index contributed by atoms with van der Waals surface area (Å²) in [5.74, 6) is -1.19. The van der Waals surface area contributed by atoms with Crippen LogP contribution in [0.3, 0.4) is 0 Å². The predicted octanol–water partition coefficient (Wildman–Crippen LogP) is 4.24. The number of carbonyl (C=O) groups is 1. The van der Waals surface area contributed by atoms with Gasteiger partial charge in [-0.1, -0.05) is 12.1 Å². The summed E-state index contributed by atoms with van der Waals surface area (Å²) in [6.07, 6.45) is 1.21.